The topological polar surface area (TPSA) is 280 Å². The zero-order valence-electron chi connectivity index (χ0n) is 13.1. The van der Waals surface area contributed by atoms with Gasteiger partial charge in [0.05, 0.1) is 6.61 Å². The minimum Gasteiger partial charge on any atom is -0.394 e. The predicted molar refractivity (Wildman–Crippen MR) is 82.9 cm³/mol. The molecule has 10 N–H and O–H groups in total. The summed E-state index contributed by atoms with van der Waals surface area (Å²) in [5.74, 6) is 0. The summed E-state index contributed by atoms with van der Waals surface area (Å²) in [6.45, 7) is -0.479. The number of aromatic nitrogens is 2. The fourth-order valence-corrected chi connectivity index (χ4v) is 1.74. The first-order chi connectivity index (χ1) is 12.0. The maximum absolute atomic E-state index is 11.4. The van der Waals surface area contributed by atoms with Crippen molar-refractivity contribution in [2.45, 2.75) is 24.5 Å². The second-order valence-electron chi connectivity index (χ2n) is 4.77. The molecule has 0 radical (unpaired) electrons. The van der Waals surface area contributed by atoms with Crippen LogP contribution >= 0.6 is 15.6 Å². The number of ether oxygens (including phenoxy) is 1. The summed E-state index contributed by atoms with van der Waals surface area (Å²) in [7, 11) is -9.28. The van der Waals surface area contributed by atoms with Crippen molar-refractivity contribution in [3.8, 4) is 0 Å². The SMILES string of the molecule is O=P(O)(O)O.O=P(O)(O)O.O=c1ccn([C@@H]2O[C@H](CO)[C@@H](O)[C@H]2O)c(=O)[nH]1. The molecule has 1 saturated heterocycles. The minimum absolute atomic E-state index is 0.479. The van der Waals surface area contributed by atoms with Crippen LogP contribution in [0.2, 0.25) is 0 Å². The molecule has 0 unspecified atom stereocenters. The number of hydrogen-bond donors (Lipinski definition) is 10. The summed E-state index contributed by atoms with van der Waals surface area (Å²) in [5.41, 5.74) is -1.33. The third-order valence-electron chi connectivity index (χ3n) is 2.64. The van der Waals surface area contributed by atoms with Gasteiger partial charge in [-0.15, -0.1) is 0 Å². The highest BCUT2D eigenvalue weighted by Crippen LogP contribution is 2.28. The molecule has 2 rings (SSSR count). The molecule has 27 heavy (non-hydrogen) atoms. The molecule has 4 atom stereocenters. The van der Waals surface area contributed by atoms with E-state index in [1.54, 1.807) is 0 Å². The second-order valence-corrected chi connectivity index (χ2v) is 6.83. The number of nitrogens with one attached hydrogen (secondary N) is 1. The van der Waals surface area contributed by atoms with Gasteiger partial charge < -0.3 is 49.4 Å². The highest BCUT2D eigenvalue weighted by molar-refractivity contribution is 7.45. The Morgan fingerprint density at radius 3 is 1.78 bits per heavy atom. The zero-order valence-corrected chi connectivity index (χ0v) is 14.9. The van der Waals surface area contributed by atoms with Gasteiger partial charge >= 0.3 is 21.3 Å². The normalized spacial score (nSPS) is 25.1. The Morgan fingerprint density at radius 2 is 1.44 bits per heavy atom. The second kappa shape index (κ2) is 10.3. The third kappa shape index (κ3) is 11.2. The van der Waals surface area contributed by atoms with E-state index in [1.807, 2.05) is 4.98 Å². The van der Waals surface area contributed by atoms with Crippen LogP contribution in [0.4, 0.5) is 0 Å². The molecule has 18 heteroatoms. The van der Waals surface area contributed by atoms with E-state index in [0.717, 1.165) is 16.8 Å². The average molecular weight is 440 g/mol. The maximum atomic E-state index is 11.4. The van der Waals surface area contributed by atoms with E-state index in [4.69, 9.17) is 48.3 Å². The molecule has 2 heterocycles. The van der Waals surface area contributed by atoms with Crippen LogP contribution in [-0.4, -0.2) is 79.1 Å². The number of rotatable bonds is 2. The zero-order chi connectivity index (χ0) is 21.6. The number of nitrogens with zero attached hydrogens (tertiary/aromatic N) is 1. The Hall–Kier alpha value is -1.26. The van der Waals surface area contributed by atoms with Crippen LogP contribution in [0, 0.1) is 0 Å². The van der Waals surface area contributed by atoms with Crippen molar-refractivity contribution in [2.75, 3.05) is 6.61 Å². The van der Waals surface area contributed by atoms with Crippen LogP contribution in [0.15, 0.2) is 21.9 Å². The van der Waals surface area contributed by atoms with Crippen LogP contribution in [0.5, 0.6) is 0 Å². The lowest BCUT2D eigenvalue weighted by molar-refractivity contribution is -0.0550. The molecule has 0 bridgehead atoms. The lowest BCUT2D eigenvalue weighted by Crippen LogP contribution is -2.37. The highest BCUT2D eigenvalue weighted by atomic mass is 31.2. The van der Waals surface area contributed by atoms with E-state index in [2.05, 4.69) is 0 Å². The Morgan fingerprint density at radius 1 is 1.00 bits per heavy atom. The number of phosphoric acid groups is 2. The molecule has 0 spiro atoms. The molecule has 1 aromatic heterocycles. The lowest BCUT2D eigenvalue weighted by atomic mass is 10.1. The molecule has 1 fully saturated rings. The molecule has 1 aromatic rings. The summed E-state index contributed by atoms with van der Waals surface area (Å²) < 4.78 is 23.8. The Bertz CT molecular complexity index is 758. The summed E-state index contributed by atoms with van der Waals surface area (Å²) in [6, 6.07) is 1.09. The number of aromatic amines is 1. The molecule has 1 aliphatic rings. The van der Waals surface area contributed by atoms with Crippen molar-refractivity contribution in [3.63, 3.8) is 0 Å². The van der Waals surface area contributed by atoms with Gasteiger partial charge in [-0.3, -0.25) is 14.3 Å². The summed E-state index contributed by atoms with van der Waals surface area (Å²) in [6.07, 6.45) is -3.58. The number of hydrogen-bond acceptors (Lipinski definition) is 8. The largest absolute Gasteiger partial charge is 0.466 e. The number of aliphatic hydroxyl groups excluding tert-OH is 3. The van der Waals surface area contributed by atoms with Crippen LogP contribution in [0.25, 0.3) is 0 Å². The molecule has 0 saturated carbocycles. The van der Waals surface area contributed by atoms with Gasteiger partial charge in [0.15, 0.2) is 6.23 Å². The average Bonchev–Trinajstić information content (AvgIpc) is 2.72. The molecule has 1 aliphatic heterocycles. The first-order valence-corrected chi connectivity index (χ1v) is 9.68. The third-order valence-corrected chi connectivity index (χ3v) is 2.64. The van der Waals surface area contributed by atoms with Crippen LogP contribution in [0.3, 0.4) is 0 Å². The fourth-order valence-electron chi connectivity index (χ4n) is 1.74. The van der Waals surface area contributed by atoms with Gasteiger partial charge in [0.1, 0.15) is 18.3 Å². The quantitative estimate of drug-likeness (QED) is 0.193. The predicted octanol–water partition coefficient (Wildman–Crippen LogP) is -4.71. The van der Waals surface area contributed by atoms with Crippen LogP contribution in [-0.2, 0) is 13.9 Å². The first kappa shape index (κ1) is 25.7. The van der Waals surface area contributed by atoms with Gasteiger partial charge in [0, 0.05) is 12.3 Å². The van der Waals surface area contributed by atoms with Crippen molar-refractivity contribution >= 4 is 15.6 Å². The maximum Gasteiger partial charge on any atom is 0.466 e. The number of H-pyrrole nitrogens is 1. The first-order valence-electron chi connectivity index (χ1n) is 6.55. The molecule has 0 aliphatic carbocycles. The monoisotopic (exact) mass is 440 g/mol. The molecule has 16 nitrogen and oxygen atoms in total. The molecule has 0 amide bonds. The van der Waals surface area contributed by atoms with Crippen molar-refractivity contribution in [1.29, 1.82) is 0 Å². The van der Waals surface area contributed by atoms with Gasteiger partial charge in [0.2, 0.25) is 0 Å². The molecule has 158 valence electrons. The van der Waals surface area contributed by atoms with Crippen LogP contribution in [0.1, 0.15) is 6.23 Å². The Kier molecular flexibility index (Phi) is 9.85. The van der Waals surface area contributed by atoms with Crippen molar-refractivity contribution in [2.24, 2.45) is 0 Å². The van der Waals surface area contributed by atoms with Gasteiger partial charge in [-0.2, -0.15) is 0 Å². The van der Waals surface area contributed by atoms with Gasteiger partial charge in [-0.1, -0.05) is 0 Å². The van der Waals surface area contributed by atoms with E-state index in [-0.39, 0.29) is 0 Å². The van der Waals surface area contributed by atoms with E-state index in [1.165, 1.54) is 0 Å². The van der Waals surface area contributed by atoms with E-state index in [9.17, 15) is 19.8 Å². The fraction of sp³-hybridized carbons (Fsp3) is 0.556. The van der Waals surface area contributed by atoms with Gasteiger partial charge in [0.25, 0.3) is 5.56 Å². The standard InChI is InChI=1S/C9H12N2O6.2H3O4P/c12-3-4-6(14)7(15)8(17-4)11-2-1-5(13)10-9(11)16;2*1-5(2,3)4/h1-2,4,6-8,12,14-15H,3H2,(H,10,13,16);2*(H3,1,2,3,4)/t4-,6-,7-,8-;;/m1../s1. The van der Waals surface area contributed by atoms with E-state index in [0.29, 0.717) is 0 Å². The number of aliphatic hydroxyl groups is 3. The van der Waals surface area contributed by atoms with Gasteiger partial charge in [-0.05, 0) is 0 Å². The van der Waals surface area contributed by atoms with Crippen molar-refractivity contribution < 1.29 is 58.5 Å². The van der Waals surface area contributed by atoms with E-state index < -0.39 is 58.0 Å². The summed E-state index contributed by atoms with van der Waals surface area (Å²) in [5, 5.41) is 28.1. The molecular weight excluding hydrogens is 422 g/mol. The smallest absolute Gasteiger partial charge is 0.394 e. The van der Waals surface area contributed by atoms with Crippen LogP contribution < -0.4 is 11.2 Å². The summed E-state index contributed by atoms with van der Waals surface area (Å²) in [4.78, 5) is 67.4. The Balaban J connectivity index is 0.000000563. The van der Waals surface area contributed by atoms with E-state index >= 15 is 0 Å². The van der Waals surface area contributed by atoms with Crippen molar-refractivity contribution in [3.05, 3.63) is 33.1 Å². The Labute approximate surface area is 149 Å². The molecular formula is C9H18N2O14P2. The van der Waals surface area contributed by atoms with Gasteiger partial charge in [-0.25, -0.2) is 13.9 Å². The van der Waals surface area contributed by atoms with Crippen molar-refractivity contribution in [1.82, 2.24) is 9.55 Å². The minimum atomic E-state index is -4.64. The summed E-state index contributed by atoms with van der Waals surface area (Å²) >= 11 is 0. The molecule has 0 aromatic carbocycles. The lowest BCUT2D eigenvalue weighted by Gasteiger charge is -2.16. The highest BCUT2D eigenvalue weighted by Gasteiger charge is 2.43.